The molecule has 0 atom stereocenters. The quantitative estimate of drug-likeness (QED) is 0.888. The first kappa shape index (κ1) is 14.3. The first-order chi connectivity index (χ1) is 8.98. The zero-order valence-electron chi connectivity index (χ0n) is 11.6. The average Bonchev–Trinajstić information content (AvgIpc) is 2.35. The first-order valence-corrected chi connectivity index (χ1v) is 8.40. The van der Waals surface area contributed by atoms with E-state index in [9.17, 15) is 8.42 Å². The molecule has 0 amide bonds. The molecule has 5 heteroatoms. The number of hydrogen-bond donors (Lipinski definition) is 2. The molecule has 1 aliphatic heterocycles. The molecule has 1 aliphatic rings. The largest absolute Gasteiger partial charge is 0.317 e. The topological polar surface area (TPSA) is 58.2 Å². The highest BCUT2D eigenvalue weighted by atomic mass is 32.2. The van der Waals surface area contributed by atoms with Crippen molar-refractivity contribution in [2.45, 2.75) is 26.7 Å². The predicted octanol–water partition coefficient (Wildman–Crippen LogP) is 2.04. The Hall–Kier alpha value is -1.07. The maximum absolute atomic E-state index is 12.2. The summed E-state index contributed by atoms with van der Waals surface area (Å²) < 4.78 is 27.2. The third-order valence-electron chi connectivity index (χ3n) is 3.65. The van der Waals surface area contributed by atoms with Crippen LogP contribution in [0, 0.1) is 19.8 Å². The van der Waals surface area contributed by atoms with Gasteiger partial charge in [0.15, 0.2) is 0 Å². The van der Waals surface area contributed by atoms with E-state index in [1.165, 1.54) is 0 Å². The average molecular weight is 282 g/mol. The van der Waals surface area contributed by atoms with Gasteiger partial charge >= 0.3 is 0 Å². The van der Waals surface area contributed by atoms with E-state index in [0.717, 1.165) is 42.7 Å². The molecule has 0 spiro atoms. The number of aryl methyl sites for hydroxylation is 2. The minimum Gasteiger partial charge on any atom is -0.317 e. The van der Waals surface area contributed by atoms with Gasteiger partial charge in [0.1, 0.15) is 0 Å². The number of anilines is 1. The van der Waals surface area contributed by atoms with Crippen LogP contribution in [0.15, 0.2) is 18.2 Å². The molecule has 1 aromatic carbocycles. The first-order valence-electron chi connectivity index (χ1n) is 6.75. The van der Waals surface area contributed by atoms with Crippen LogP contribution in [0.25, 0.3) is 0 Å². The van der Waals surface area contributed by atoms with Crippen LogP contribution < -0.4 is 10.0 Å². The third kappa shape index (κ3) is 3.94. The van der Waals surface area contributed by atoms with E-state index >= 15 is 0 Å². The Bertz CT molecular complexity index is 514. The molecule has 0 aromatic heterocycles. The molecule has 19 heavy (non-hydrogen) atoms. The lowest BCUT2D eigenvalue weighted by molar-refractivity contribution is 0.402. The standard InChI is InChI=1S/C14H22N2O2S/c1-11-4-3-5-12(2)14(11)16-19(17,18)10-13-6-8-15-9-7-13/h3-5,13,15-16H,6-10H2,1-2H3. The van der Waals surface area contributed by atoms with Crippen LogP contribution in [0.2, 0.25) is 0 Å². The molecular formula is C14H22N2O2S. The Morgan fingerprint density at radius 1 is 1.21 bits per heavy atom. The lowest BCUT2D eigenvalue weighted by atomic mass is 10.0. The fourth-order valence-corrected chi connectivity index (χ4v) is 4.20. The van der Waals surface area contributed by atoms with E-state index in [1.54, 1.807) is 0 Å². The lowest BCUT2D eigenvalue weighted by Crippen LogP contribution is -2.33. The maximum atomic E-state index is 12.2. The van der Waals surface area contributed by atoms with Gasteiger partial charge in [0.25, 0.3) is 0 Å². The second-order valence-corrected chi connectivity index (χ2v) is 7.11. The van der Waals surface area contributed by atoms with Gasteiger partial charge in [0.2, 0.25) is 10.0 Å². The summed E-state index contributed by atoms with van der Waals surface area (Å²) in [5.41, 5.74) is 2.67. The normalized spacial score (nSPS) is 17.4. The van der Waals surface area contributed by atoms with Crippen molar-refractivity contribution in [3.05, 3.63) is 29.3 Å². The van der Waals surface area contributed by atoms with Crippen molar-refractivity contribution in [2.75, 3.05) is 23.6 Å². The number of rotatable bonds is 4. The number of piperidine rings is 1. The van der Waals surface area contributed by atoms with Crippen molar-refractivity contribution in [3.63, 3.8) is 0 Å². The van der Waals surface area contributed by atoms with E-state index in [-0.39, 0.29) is 11.7 Å². The molecule has 0 aliphatic carbocycles. The summed E-state index contributed by atoms with van der Waals surface area (Å²) in [6.45, 7) is 5.69. The van der Waals surface area contributed by atoms with E-state index < -0.39 is 10.0 Å². The Morgan fingerprint density at radius 3 is 2.37 bits per heavy atom. The summed E-state index contributed by atoms with van der Waals surface area (Å²) in [6, 6.07) is 5.79. The molecule has 4 nitrogen and oxygen atoms in total. The summed E-state index contributed by atoms with van der Waals surface area (Å²) in [7, 11) is -3.26. The molecule has 1 heterocycles. The highest BCUT2D eigenvalue weighted by Crippen LogP contribution is 2.22. The molecule has 0 bridgehead atoms. The number of benzene rings is 1. The van der Waals surface area contributed by atoms with Gasteiger partial charge in [0, 0.05) is 0 Å². The second kappa shape index (κ2) is 5.92. The van der Waals surface area contributed by atoms with Gasteiger partial charge in [-0.3, -0.25) is 4.72 Å². The van der Waals surface area contributed by atoms with Gasteiger partial charge in [-0.1, -0.05) is 18.2 Å². The van der Waals surface area contributed by atoms with Crippen molar-refractivity contribution in [2.24, 2.45) is 5.92 Å². The Balaban J connectivity index is 2.08. The lowest BCUT2D eigenvalue weighted by Gasteiger charge is -2.23. The van der Waals surface area contributed by atoms with Crippen molar-refractivity contribution in [1.82, 2.24) is 5.32 Å². The van der Waals surface area contributed by atoms with Crippen LogP contribution in [-0.4, -0.2) is 27.3 Å². The summed E-state index contributed by atoms with van der Waals surface area (Å²) >= 11 is 0. The van der Waals surface area contributed by atoms with Gasteiger partial charge in [0.05, 0.1) is 11.4 Å². The Kier molecular flexibility index (Phi) is 4.47. The molecule has 0 unspecified atom stereocenters. The van der Waals surface area contributed by atoms with E-state index in [2.05, 4.69) is 10.0 Å². The van der Waals surface area contributed by atoms with Gasteiger partial charge < -0.3 is 5.32 Å². The number of hydrogen-bond acceptors (Lipinski definition) is 3. The van der Waals surface area contributed by atoms with Gasteiger partial charge in [-0.2, -0.15) is 0 Å². The molecule has 2 rings (SSSR count). The van der Waals surface area contributed by atoms with Crippen molar-refractivity contribution in [1.29, 1.82) is 0 Å². The SMILES string of the molecule is Cc1cccc(C)c1NS(=O)(=O)CC1CCNCC1. The Labute approximate surface area is 115 Å². The zero-order chi connectivity index (χ0) is 13.9. The van der Waals surface area contributed by atoms with Crippen LogP contribution in [0.4, 0.5) is 5.69 Å². The molecule has 1 fully saturated rings. The molecular weight excluding hydrogens is 260 g/mol. The zero-order valence-corrected chi connectivity index (χ0v) is 12.4. The molecule has 1 aromatic rings. The molecule has 0 saturated carbocycles. The fourth-order valence-electron chi connectivity index (χ4n) is 2.53. The van der Waals surface area contributed by atoms with Crippen LogP contribution in [0.1, 0.15) is 24.0 Å². The maximum Gasteiger partial charge on any atom is 0.233 e. The molecule has 0 radical (unpaired) electrons. The highest BCUT2D eigenvalue weighted by molar-refractivity contribution is 7.92. The van der Waals surface area contributed by atoms with Crippen LogP contribution in [0.3, 0.4) is 0 Å². The summed E-state index contributed by atoms with van der Waals surface area (Å²) in [5.74, 6) is 0.491. The molecule has 1 saturated heterocycles. The van der Waals surface area contributed by atoms with Crippen LogP contribution >= 0.6 is 0 Å². The van der Waals surface area contributed by atoms with Crippen molar-refractivity contribution in [3.8, 4) is 0 Å². The fraction of sp³-hybridized carbons (Fsp3) is 0.571. The predicted molar refractivity (Wildman–Crippen MR) is 78.9 cm³/mol. The number of para-hydroxylation sites is 1. The smallest absolute Gasteiger partial charge is 0.233 e. The Morgan fingerprint density at radius 2 is 1.79 bits per heavy atom. The van der Waals surface area contributed by atoms with Crippen molar-refractivity contribution >= 4 is 15.7 Å². The van der Waals surface area contributed by atoms with Crippen LogP contribution in [-0.2, 0) is 10.0 Å². The van der Waals surface area contributed by atoms with E-state index in [4.69, 9.17) is 0 Å². The molecule has 106 valence electrons. The van der Waals surface area contributed by atoms with E-state index in [1.807, 2.05) is 32.0 Å². The highest BCUT2D eigenvalue weighted by Gasteiger charge is 2.22. The monoisotopic (exact) mass is 282 g/mol. The van der Waals surface area contributed by atoms with Crippen LogP contribution in [0.5, 0.6) is 0 Å². The minimum atomic E-state index is -3.26. The van der Waals surface area contributed by atoms with E-state index in [0.29, 0.717) is 0 Å². The van der Waals surface area contributed by atoms with Gasteiger partial charge in [-0.25, -0.2) is 8.42 Å². The minimum absolute atomic E-state index is 0.225. The second-order valence-electron chi connectivity index (χ2n) is 5.34. The molecule has 2 N–H and O–H groups in total. The van der Waals surface area contributed by atoms with Crippen molar-refractivity contribution < 1.29 is 8.42 Å². The number of nitrogens with one attached hydrogen (secondary N) is 2. The summed E-state index contributed by atoms with van der Waals surface area (Å²) in [4.78, 5) is 0. The van der Waals surface area contributed by atoms with Gasteiger partial charge in [-0.15, -0.1) is 0 Å². The third-order valence-corrected chi connectivity index (χ3v) is 5.08. The summed E-state index contributed by atoms with van der Waals surface area (Å²) in [5, 5.41) is 3.25. The van der Waals surface area contributed by atoms with Gasteiger partial charge in [-0.05, 0) is 56.8 Å². The number of sulfonamides is 1. The summed E-state index contributed by atoms with van der Waals surface area (Å²) in [6.07, 6.45) is 1.88.